The molecule has 0 aliphatic carbocycles. The quantitative estimate of drug-likeness (QED) is 0.298. The molecule has 3 rings (SSSR count). The van der Waals surface area contributed by atoms with Crippen LogP contribution in [0, 0.1) is 20.2 Å². The molecule has 0 saturated heterocycles. The van der Waals surface area contributed by atoms with Gasteiger partial charge in [-0.1, -0.05) is 12.1 Å². The molecule has 0 fully saturated rings. The van der Waals surface area contributed by atoms with Crippen molar-refractivity contribution in [1.29, 1.82) is 0 Å². The van der Waals surface area contributed by atoms with Crippen LogP contribution >= 0.6 is 15.9 Å². The summed E-state index contributed by atoms with van der Waals surface area (Å²) in [5, 5.41) is 25.9. The van der Waals surface area contributed by atoms with E-state index in [-0.39, 0.29) is 11.5 Å². The highest BCUT2D eigenvalue weighted by Gasteiger charge is 2.21. The van der Waals surface area contributed by atoms with Crippen molar-refractivity contribution in [1.82, 2.24) is 10.4 Å². The SMILES string of the molecule is O=C(NN=Cc1cccc(Oc2ccc([N+](=O)[O-])cc2[N+](=O)[O-])c1)c1cncc(Br)c1. The van der Waals surface area contributed by atoms with E-state index in [1.54, 1.807) is 30.5 Å². The Kier molecular flexibility index (Phi) is 6.62. The Balaban J connectivity index is 1.73. The van der Waals surface area contributed by atoms with Crippen molar-refractivity contribution in [3.63, 3.8) is 0 Å². The average molecular weight is 486 g/mol. The van der Waals surface area contributed by atoms with E-state index in [2.05, 4.69) is 31.4 Å². The fourth-order valence-electron chi connectivity index (χ4n) is 2.40. The maximum absolute atomic E-state index is 12.0. The molecular formula is C19H12BrN5O6. The Bertz CT molecular complexity index is 1200. The molecule has 31 heavy (non-hydrogen) atoms. The monoisotopic (exact) mass is 485 g/mol. The van der Waals surface area contributed by atoms with Gasteiger partial charge < -0.3 is 4.74 Å². The summed E-state index contributed by atoms with van der Waals surface area (Å²) in [6.07, 6.45) is 4.29. The van der Waals surface area contributed by atoms with Crippen LogP contribution < -0.4 is 10.2 Å². The van der Waals surface area contributed by atoms with Crippen molar-refractivity contribution in [2.24, 2.45) is 5.10 Å². The van der Waals surface area contributed by atoms with Crippen LogP contribution in [-0.4, -0.2) is 27.0 Å². The first kappa shape index (κ1) is 21.5. The Hall–Kier alpha value is -4.19. The lowest BCUT2D eigenvalue weighted by atomic mass is 10.2. The van der Waals surface area contributed by atoms with E-state index < -0.39 is 27.1 Å². The van der Waals surface area contributed by atoms with E-state index in [1.807, 2.05) is 0 Å². The summed E-state index contributed by atoms with van der Waals surface area (Å²) < 4.78 is 6.18. The van der Waals surface area contributed by atoms with Crippen LogP contribution in [0.15, 0.2) is 70.5 Å². The first-order valence-electron chi connectivity index (χ1n) is 8.48. The number of benzene rings is 2. The topological polar surface area (TPSA) is 150 Å². The van der Waals surface area contributed by atoms with Crippen LogP contribution in [0.25, 0.3) is 0 Å². The molecule has 0 bridgehead atoms. The standard InChI is InChI=1S/C19H12BrN5O6/c20-14-7-13(10-21-11-14)19(26)23-22-9-12-2-1-3-16(6-12)31-18-5-4-15(24(27)28)8-17(18)25(29)30/h1-11H,(H,23,26). The molecule has 156 valence electrons. The highest BCUT2D eigenvalue weighted by molar-refractivity contribution is 9.10. The molecule has 0 aliphatic heterocycles. The van der Waals surface area contributed by atoms with E-state index in [0.29, 0.717) is 15.6 Å². The van der Waals surface area contributed by atoms with E-state index in [1.165, 1.54) is 18.5 Å². The Morgan fingerprint density at radius 3 is 2.61 bits per heavy atom. The lowest BCUT2D eigenvalue weighted by Crippen LogP contribution is -2.17. The Morgan fingerprint density at radius 2 is 1.90 bits per heavy atom. The fourth-order valence-corrected chi connectivity index (χ4v) is 2.76. The number of nitro benzene ring substituents is 2. The number of rotatable bonds is 7. The molecule has 3 aromatic rings. The number of non-ortho nitro benzene ring substituents is 1. The van der Waals surface area contributed by atoms with Gasteiger partial charge in [0.1, 0.15) is 5.75 Å². The largest absolute Gasteiger partial charge is 0.450 e. The highest BCUT2D eigenvalue weighted by atomic mass is 79.9. The molecule has 12 heteroatoms. The summed E-state index contributed by atoms with van der Waals surface area (Å²) in [5.74, 6) is -0.373. The van der Waals surface area contributed by atoms with E-state index in [4.69, 9.17) is 4.74 Å². The molecule has 0 spiro atoms. The first-order valence-corrected chi connectivity index (χ1v) is 9.27. The minimum Gasteiger partial charge on any atom is -0.450 e. The average Bonchev–Trinajstić information content (AvgIpc) is 2.74. The lowest BCUT2D eigenvalue weighted by molar-refractivity contribution is -0.394. The molecule has 1 amide bonds. The highest BCUT2D eigenvalue weighted by Crippen LogP contribution is 2.34. The number of nitrogens with zero attached hydrogens (tertiary/aromatic N) is 4. The second-order valence-electron chi connectivity index (χ2n) is 5.93. The normalized spacial score (nSPS) is 10.6. The summed E-state index contributed by atoms with van der Waals surface area (Å²) in [4.78, 5) is 36.5. The third-order valence-electron chi connectivity index (χ3n) is 3.78. The molecular weight excluding hydrogens is 474 g/mol. The predicted octanol–water partition coefficient (Wildman–Crippen LogP) is 4.22. The van der Waals surface area contributed by atoms with Crippen LogP contribution in [0.2, 0.25) is 0 Å². The number of aromatic nitrogens is 1. The van der Waals surface area contributed by atoms with Crippen LogP contribution in [0.1, 0.15) is 15.9 Å². The van der Waals surface area contributed by atoms with Gasteiger partial charge >= 0.3 is 5.69 Å². The summed E-state index contributed by atoms with van der Waals surface area (Å²) in [5.41, 5.74) is 2.25. The van der Waals surface area contributed by atoms with Crippen LogP contribution in [0.3, 0.4) is 0 Å². The number of halogens is 1. The van der Waals surface area contributed by atoms with Gasteiger partial charge in [-0.3, -0.25) is 30.0 Å². The zero-order valence-electron chi connectivity index (χ0n) is 15.5. The summed E-state index contributed by atoms with van der Waals surface area (Å²) in [6, 6.07) is 11.1. The number of hydrazone groups is 1. The summed E-state index contributed by atoms with van der Waals surface area (Å²) in [7, 11) is 0. The van der Waals surface area contributed by atoms with Gasteiger partial charge in [0.15, 0.2) is 0 Å². The Labute approximate surface area is 182 Å². The molecule has 0 atom stereocenters. The molecule has 0 radical (unpaired) electrons. The molecule has 0 aliphatic rings. The third-order valence-corrected chi connectivity index (χ3v) is 4.22. The molecule has 1 N–H and O–H groups in total. The number of carbonyl (C=O) groups excluding carboxylic acids is 1. The van der Waals surface area contributed by atoms with Crippen LogP contribution in [-0.2, 0) is 0 Å². The van der Waals surface area contributed by atoms with Crippen LogP contribution in [0.5, 0.6) is 11.5 Å². The van der Waals surface area contributed by atoms with Crippen molar-refractivity contribution in [3.05, 3.63) is 96.8 Å². The molecule has 0 saturated carbocycles. The van der Waals surface area contributed by atoms with Crippen molar-refractivity contribution in [2.75, 3.05) is 0 Å². The zero-order valence-corrected chi connectivity index (χ0v) is 17.1. The van der Waals surface area contributed by atoms with Crippen molar-refractivity contribution in [3.8, 4) is 11.5 Å². The molecule has 1 heterocycles. The van der Waals surface area contributed by atoms with Gasteiger partial charge in [-0.2, -0.15) is 5.10 Å². The number of nitrogens with one attached hydrogen (secondary N) is 1. The maximum Gasteiger partial charge on any atom is 0.318 e. The second kappa shape index (κ2) is 9.54. The van der Waals surface area contributed by atoms with Crippen LogP contribution in [0.4, 0.5) is 11.4 Å². The molecule has 11 nitrogen and oxygen atoms in total. The number of ether oxygens (including phenoxy) is 1. The minimum atomic E-state index is -0.764. The number of hydrogen-bond acceptors (Lipinski definition) is 8. The molecule has 0 unspecified atom stereocenters. The molecule has 2 aromatic carbocycles. The predicted molar refractivity (Wildman–Crippen MR) is 113 cm³/mol. The number of amides is 1. The Morgan fingerprint density at radius 1 is 1.10 bits per heavy atom. The maximum atomic E-state index is 12.0. The van der Waals surface area contributed by atoms with Crippen molar-refractivity contribution < 1.29 is 19.4 Å². The van der Waals surface area contributed by atoms with Gasteiger partial charge in [0.25, 0.3) is 11.6 Å². The van der Waals surface area contributed by atoms with Gasteiger partial charge in [-0.25, -0.2) is 5.43 Å². The number of pyridine rings is 1. The second-order valence-corrected chi connectivity index (χ2v) is 6.85. The van der Waals surface area contributed by atoms with Gasteiger partial charge in [0.05, 0.1) is 27.7 Å². The fraction of sp³-hybridized carbons (Fsp3) is 0. The first-order chi connectivity index (χ1) is 14.8. The summed E-state index contributed by atoms with van der Waals surface area (Å²) >= 11 is 3.23. The van der Waals surface area contributed by atoms with Gasteiger partial charge in [0, 0.05) is 22.9 Å². The van der Waals surface area contributed by atoms with E-state index in [9.17, 15) is 25.0 Å². The third kappa shape index (κ3) is 5.67. The van der Waals surface area contributed by atoms with Gasteiger partial charge in [0.2, 0.25) is 5.75 Å². The minimum absolute atomic E-state index is 0.153. The number of nitro groups is 2. The van der Waals surface area contributed by atoms with Gasteiger partial charge in [-0.05, 0) is 45.8 Å². The van der Waals surface area contributed by atoms with Gasteiger partial charge in [-0.15, -0.1) is 0 Å². The molecule has 1 aromatic heterocycles. The smallest absolute Gasteiger partial charge is 0.318 e. The lowest BCUT2D eigenvalue weighted by Gasteiger charge is -2.07. The summed E-state index contributed by atoms with van der Waals surface area (Å²) in [6.45, 7) is 0. The van der Waals surface area contributed by atoms with Crippen molar-refractivity contribution >= 4 is 39.4 Å². The number of hydrogen-bond donors (Lipinski definition) is 1. The van der Waals surface area contributed by atoms with Crippen molar-refractivity contribution in [2.45, 2.75) is 0 Å². The van der Waals surface area contributed by atoms with E-state index >= 15 is 0 Å². The van der Waals surface area contributed by atoms with E-state index in [0.717, 1.165) is 18.2 Å². The zero-order chi connectivity index (χ0) is 22.4. The number of carbonyl (C=O) groups is 1.